The zero-order chi connectivity index (χ0) is 16.9. The summed E-state index contributed by atoms with van der Waals surface area (Å²) in [4.78, 5) is 10.3. The van der Waals surface area contributed by atoms with Crippen molar-refractivity contribution in [3.8, 4) is 0 Å². The summed E-state index contributed by atoms with van der Waals surface area (Å²) in [6.07, 6.45) is -1.67. The largest absolute Gasteiger partial charge is 0.434 e. The molecule has 9 heteroatoms. The van der Waals surface area contributed by atoms with Crippen LogP contribution in [0.25, 0.3) is 0 Å². The van der Waals surface area contributed by atoms with Crippen LogP contribution in [-0.2, 0) is 12.6 Å². The molecule has 1 aliphatic rings. The number of nitrogens with one attached hydrogen (secondary N) is 1. The number of hydrogen-bond donors (Lipinski definition) is 2. The summed E-state index contributed by atoms with van der Waals surface area (Å²) in [5, 5.41) is 4.40. The van der Waals surface area contributed by atoms with Crippen molar-refractivity contribution in [3.05, 3.63) is 16.1 Å². The Morgan fingerprint density at radius 3 is 3.00 bits per heavy atom. The lowest BCUT2D eigenvalue weighted by Gasteiger charge is -2.20. The van der Waals surface area contributed by atoms with Crippen molar-refractivity contribution >= 4 is 17.3 Å². The van der Waals surface area contributed by atoms with Crippen LogP contribution in [0.3, 0.4) is 0 Å². The van der Waals surface area contributed by atoms with Crippen LogP contribution in [0.1, 0.15) is 30.5 Å². The molecule has 1 unspecified atom stereocenters. The Morgan fingerprint density at radius 1 is 1.57 bits per heavy atom. The second kappa shape index (κ2) is 7.96. The second-order valence-corrected chi connectivity index (χ2v) is 6.39. The molecule has 2 rings (SSSR count). The van der Waals surface area contributed by atoms with Gasteiger partial charge in [0.15, 0.2) is 11.7 Å². The van der Waals surface area contributed by atoms with Crippen LogP contribution in [-0.4, -0.2) is 48.1 Å². The first-order valence-corrected chi connectivity index (χ1v) is 8.57. The summed E-state index contributed by atoms with van der Waals surface area (Å²) in [5.74, 6) is 0.334. The normalized spacial score (nSPS) is 20.2. The molecule has 1 atom stereocenters. The number of aromatic nitrogens is 1. The van der Waals surface area contributed by atoms with Crippen molar-refractivity contribution in [2.24, 2.45) is 10.7 Å². The fraction of sp³-hybridized carbons (Fsp3) is 0.714. The molecule has 3 N–H and O–H groups in total. The van der Waals surface area contributed by atoms with E-state index in [1.807, 2.05) is 0 Å². The summed E-state index contributed by atoms with van der Waals surface area (Å²) >= 11 is 1.01. The molecule has 5 nitrogen and oxygen atoms in total. The third-order valence-electron chi connectivity index (χ3n) is 3.86. The average Bonchev–Trinajstić information content (AvgIpc) is 3.13. The maximum atomic E-state index is 12.4. The smallest absolute Gasteiger partial charge is 0.370 e. The molecule has 0 bridgehead atoms. The molecule has 0 spiro atoms. The Morgan fingerprint density at radius 2 is 2.35 bits per heavy atom. The Kier molecular flexibility index (Phi) is 6.23. The van der Waals surface area contributed by atoms with E-state index in [0.717, 1.165) is 36.2 Å². The Hall–Kier alpha value is -1.35. The number of alkyl halides is 3. The minimum absolute atomic E-state index is 0.334. The zero-order valence-electron chi connectivity index (χ0n) is 13.1. The molecular weight excluding hydrogens is 327 g/mol. The van der Waals surface area contributed by atoms with E-state index in [2.05, 4.69) is 27.1 Å². The summed E-state index contributed by atoms with van der Waals surface area (Å²) in [6.45, 7) is 5.33. The molecule has 1 aromatic rings. The number of hydrogen-bond acceptors (Lipinski definition) is 4. The molecule has 0 saturated carbocycles. The van der Waals surface area contributed by atoms with Gasteiger partial charge in [-0.2, -0.15) is 13.2 Å². The Bertz CT molecular complexity index is 529. The summed E-state index contributed by atoms with van der Waals surface area (Å²) < 4.78 is 37.3. The van der Waals surface area contributed by atoms with E-state index < -0.39 is 11.9 Å². The predicted molar refractivity (Wildman–Crippen MR) is 85.6 cm³/mol. The highest BCUT2D eigenvalue weighted by Crippen LogP contribution is 2.29. The van der Waals surface area contributed by atoms with E-state index >= 15 is 0 Å². The van der Waals surface area contributed by atoms with E-state index in [9.17, 15) is 13.2 Å². The molecule has 2 heterocycles. The molecular formula is C14H22F3N5S. The van der Waals surface area contributed by atoms with Gasteiger partial charge >= 0.3 is 6.18 Å². The predicted octanol–water partition coefficient (Wildman–Crippen LogP) is 2.09. The van der Waals surface area contributed by atoms with Crippen molar-refractivity contribution in [3.63, 3.8) is 0 Å². The van der Waals surface area contributed by atoms with Crippen LogP contribution >= 0.6 is 11.3 Å². The van der Waals surface area contributed by atoms with Gasteiger partial charge in [0.05, 0.1) is 11.6 Å². The van der Waals surface area contributed by atoms with E-state index in [1.165, 1.54) is 6.42 Å². The van der Waals surface area contributed by atoms with Gasteiger partial charge in [-0.05, 0) is 25.9 Å². The van der Waals surface area contributed by atoms with Gasteiger partial charge in [-0.3, -0.25) is 9.89 Å². The Balaban J connectivity index is 1.73. The van der Waals surface area contributed by atoms with Gasteiger partial charge in [-0.15, -0.1) is 11.3 Å². The van der Waals surface area contributed by atoms with Gasteiger partial charge < -0.3 is 11.1 Å². The van der Waals surface area contributed by atoms with Crippen molar-refractivity contribution in [2.75, 3.05) is 26.2 Å². The molecule has 0 radical (unpaired) electrons. The molecule has 130 valence electrons. The van der Waals surface area contributed by atoms with E-state index in [1.54, 1.807) is 0 Å². The first-order valence-electron chi connectivity index (χ1n) is 7.69. The fourth-order valence-electron chi connectivity index (χ4n) is 2.63. The standard InChI is InChI=1S/C14H22F3N5S/c1-2-22-7-3-4-10(22)8-20-13(18)19-6-5-12-21-11(9-23-12)14(15,16)17/h9-10H,2-8H2,1H3,(H3,18,19,20). The topological polar surface area (TPSA) is 66.5 Å². The molecule has 23 heavy (non-hydrogen) atoms. The third kappa shape index (κ3) is 5.35. The number of nitrogens with two attached hydrogens (primary N) is 1. The molecule has 1 saturated heterocycles. The molecule has 0 aliphatic carbocycles. The Labute approximate surface area is 137 Å². The first-order chi connectivity index (χ1) is 10.9. The van der Waals surface area contributed by atoms with Crippen LogP contribution < -0.4 is 11.1 Å². The van der Waals surface area contributed by atoms with Crippen molar-refractivity contribution in [1.82, 2.24) is 15.2 Å². The molecule has 0 amide bonds. The summed E-state index contributed by atoms with van der Waals surface area (Å²) in [5.41, 5.74) is 4.97. The van der Waals surface area contributed by atoms with Gasteiger partial charge in [0.1, 0.15) is 0 Å². The number of thiazole rings is 1. The molecule has 1 aromatic heterocycles. The maximum absolute atomic E-state index is 12.4. The molecule has 1 fully saturated rings. The SMILES string of the molecule is CCN1CCCC1CN=C(N)NCCc1nc(C(F)(F)F)cs1. The highest BCUT2D eigenvalue weighted by atomic mass is 32.1. The van der Waals surface area contributed by atoms with Gasteiger partial charge in [0.25, 0.3) is 0 Å². The van der Waals surface area contributed by atoms with Crippen LogP contribution in [0.4, 0.5) is 13.2 Å². The lowest BCUT2D eigenvalue weighted by atomic mass is 10.2. The van der Waals surface area contributed by atoms with E-state index in [-0.39, 0.29) is 0 Å². The highest BCUT2D eigenvalue weighted by Gasteiger charge is 2.33. The quantitative estimate of drug-likeness (QED) is 0.610. The first kappa shape index (κ1) is 18.0. The number of guanidine groups is 1. The number of likely N-dealkylation sites (tertiary alicyclic amines) is 1. The second-order valence-electron chi connectivity index (χ2n) is 5.45. The summed E-state index contributed by atoms with van der Waals surface area (Å²) in [6, 6.07) is 0.439. The van der Waals surface area contributed by atoms with E-state index in [0.29, 0.717) is 36.5 Å². The highest BCUT2D eigenvalue weighted by molar-refractivity contribution is 7.09. The molecule has 1 aliphatic heterocycles. The lowest BCUT2D eigenvalue weighted by Crippen LogP contribution is -2.36. The lowest BCUT2D eigenvalue weighted by molar-refractivity contribution is -0.140. The minimum Gasteiger partial charge on any atom is -0.370 e. The van der Waals surface area contributed by atoms with E-state index in [4.69, 9.17) is 5.73 Å². The average molecular weight is 349 g/mol. The van der Waals surface area contributed by atoms with Crippen molar-refractivity contribution < 1.29 is 13.2 Å². The van der Waals surface area contributed by atoms with Crippen molar-refractivity contribution in [1.29, 1.82) is 0 Å². The zero-order valence-corrected chi connectivity index (χ0v) is 13.9. The van der Waals surface area contributed by atoms with Crippen LogP contribution in [0.5, 0.6) is 0 Å². The van der Waals surface area contributed by atoms with Crippen molar-refractivity contribution in [2.45, 2.75) is 38.4 Å². The minimum atomic E-state index is -4.38. The van der Waals surface area contributed by atoms with Crippen LogP contribution in [0.2, 0.25) is 0 Å². The monoisotopic (exact) mass is 349 g/mol. The number of aliphatic imine (C=N–C) groups is 1. The van der Waals surface area contributed by atoms with Gasteiger partial charge in [0, 0.05) is 24.4 Å². The summed E-state index contributed by atoms with van der Waals surface area (Å²) in [7, 11) is 0. The van der Waals surface area contributed by atoms with Gasteiger partial charge in [0.2, 0.25) is 0 Å². The number of likely N-dealkylation sites (N-methyl/N-ethyl adjacent to an activating group) is 1. The van der Waals surface area contributed by atoms with Gasteiger partial charge in [-0.1, -0.05) is 6.92 Å². The van der Waals surface area contributed by atoms with Crippen LogP contribution in [0.15, 0.2) is 10.4 Å². The maximum Gasteiger partial charge on any atom is 0.434 e. The number of nitrogens with zero attached hydrogens (tertiary/aromatic N) is 3. The third-order valence-corrected chi connectivity index (χ3v) is 4.77. The molecule has 0 aromatic carbocycles. The fourth-order valence-corrected chi connectivity index (χ4v) is 3.44. The number of rotatable bonds is 6. The number of halogens is 3. The van der Waals surface area contributed by atoms with Crippen LogP contribution in [0, 0.1) is 0 Å². The van der Waals surface area contributed by atoms with Gasteiger partial charge in [-0.25, -0.2) is 4.98 Å².